The molecule has 0 aliphatic heterocycles. The number of benzene rings is 2. The van der Waals surface area contributed by atoms with Gasteiger partial charge in [0.25, 0.3) is 20.2 Å². The average Bonchev–Trinajstić information content (AvgIpc) is 3.01. The van der Waals surface area contributed by atoms with Crippen molar-refractivity contribution in [1.82, 2.24) is 4.57 Å². The molecule has 10 heteroatoms. The van der Waals surface area contributed by atoms with Gasteiger partial charge in [0.05, 0.1) is 9.79 Å². The summed E-state index contributed by atoms with van der Waals surface area (Å²) in [6, 6.07) is 11.9. The highest BCUT2D eigenvalue weighted by molar-refractivity contribution is 7.86. The number of aromatic nitrogens is 2. The number of imidazole rings is 1. The van der Waals surface area contributed by atoms with Gasteiger partial charge in [0, 0.05) is 0 Å². The van der Waals surface area contributed by atoms with Gasteiger partial charge in [-0.25, -0.2) is 9.13 Å². The maximum atomic E-state index is 11.1. The van der Waals surface area contributed by atoms with E-state index in [0.29, 0.717) is 13.1 Å². The fourth-order valence-corrected chi connectivity index (χ4v) is 3.54. The zero-order valence-electron chi connectivity index (χ0n) is 14.0. The van der Waals surface area contributed by atoms with E-state index < -0.39 is 20.2 Å². The van der Waals surface area contributed by atoms with Gasteiger partial charge in [-0.3, -0.25) is 9.11 Å². The normalized spacial score (nSPS) is 12.2. The van der Waals surface area contributed by atoms with Crippen molar-refractivity contribution in [2.75, 3.05) is 0 Å². The molecule has 3 rings (SSSR count). The second-order valence-corrected chi connectivity index (χ2v) is 8.84. The molecule has 0 aliphatic carbocycles. The summed E-state index contributed by atoms with van der Waals surface area (Å²) in [4.78, 5) is -0.302. The van der Waals surface area contributed by atoms with Gasteiger partial charge in [0.2, 0.25) is 6.33 Å². The van der Waals surface area contributed by atoms with Crippen LogP contribution < -0.4 is 4.57 Å². The monoisotopic (exact) mass is 409 g/mol. The van der Waals surface area contributed by atoms with Crippen LogP contribution in [0.1, 0.15) is 11.1 Å². The summed E-state index contributed by atoms with van der Waals surface area (Å²) in [6.45, 7) is 1.03. The first kappa shape index (κ1) is 19.2. The molecule has 1 heterocycles. The Bertz CT molecular complexity index is 1060. The molecular weight excluding hydrogens is 392 g/mol. The highest BCUT2D eigenvalue weighted by Crippen LogP contribution is 2.12. The third-order valence-electron chi connectivity index (χ3n) is 3.92. The lowest BCUT2D eigenvalue weighted by Gasteiger charge is -2.01. The van der Waals surface area contributed by atoms with Gasteiger partial charge in [-0.05, 0) is 35.4 Å². The molecule has 0 aliphatic rings. The second kappa shape index (κ2) is 7.24. The van der Waals surface area contributed by atoms with Gasteiger partial charge >= 0.3 is 0 Å². The lowest BCUT2D eigenvalue weighted by molar-refractivity contribution is -0.687. The number of nitrogens with zero attached hydrogens (tertiary/aromatic N) is 2. The van der Waals surface area contributed by atoms with Crippen LogP contribution in [0.5, 0.6) is 0 Å². The minimum atomic E-state index is -4.20. The molecule has 0 atom stereocenters. The maximum Gasteiger partial charge on any atom is 0.294 e. The molecular formula is C17H17N2O6S2+. The molecule has 27 heavy (non-hydrogen) atoms. The summed E-state index contributed by atoms with van der Waals surface area (Å²) in [6.07, 6.45) is 5.56. The van der Waals surface area contributed by atoms with Gasteiger partial charge in [0.1, 0.15) is 25.5 Å². The zero-order chi connectivity index (χ0) is 19.7. The molecule has 0 radical (unpaired) electrons. The Morgan fingerprint density at radius 3 is 1.74 bits per heavy atom. The molecule has 0 spiro atoms. The lowest BCUT2D eigenvalue weighted by Crippen LogP contribution is -2.31. The van der Waals surface area contributed by atoms with Crippen molar-refractivity contribution < 1.29 is 30.5 Å². The van der Waals surface area contributed by atoms with Crippen LogP contribution in [0.2, 0.25) is 0 Å². The summed E-state index contributed by atoms with van der Waals surface area (Å²) in [7, 11) is -8.40. The quantitative estimate of drug-likeness (QED) is 0.469. The Labute approximate surface area is 156 Å². The SMILES string of the molecule is O=S(=O)(O)c1ccc(Cn2cc[n+](Cc3ccc(S(=O)(=O)O)cc3)c2)cc1. The van der Waals surface area contributed by atoms with Crippen molar-refractivity contribution >= 4 is 20.2 Å². The Hall–Kier alpha value is -2.53. The molecule has 1 aromatic heterocycles. The highest BCUT2D eigenvalue weighted by atomic mass is 32.2. The lowest BCUT2D eigenvalue weighted by atomic mass is 10.2. The summed E-state index contributed by atoms with van der Waals surface area (Å²) in [5.41, 5.74) is 1.73. The van der Waals surface area contributed by atoms with Crippen molar-refractivity contribution in [3.8, 4) is 0 Å². The van der Waals surface area contributed by atoms with E-state index >= 15 is 0 Å². The molecule has 0 amide bonds. The average molecular weight is 409 g/mol. The van der Waals surface area contributed by atoms with Gasteiger partial charge in [0.15, 0.2) is 0 Å². The molecule has 2 N–H and O–H groups in total. The van der Waals surface area contributed by atoms with E-state index in [9.17, 15) is 16.8 Å². The van der Waals surface area contributed by atoms with E-state index in [1.165, 1.54) is 24.3 Å². The molecule has 0 fully saturated rings. The molecule has 142 valence electrons. The van der Waals surface area contributed by atoms with Gasteiger partial charge in [-0.15, -0.1) is 0 Å². The van der Waals surface area contributed by atoms with Crippen molar-refractivity contribution in [1.29, 1.82) is 0 Å². The van der Waals surface area contributed by atoms with Gasteiger partial charge in [-0.1, -0.05) is 24.3 Å². The van der Waals surface area contributed by atoms with E-state index in [4.69, 9.17) is 9.11 Å². The van der Waals surface area contributed by atoms with Gasteiger partial charge in [-0.2, -0.15) is 16.8 Å². The third kappa shape index (κ3) is 5.01. The molecule has 0 unspecified atom stereocenters. The van der Waals surface area contributed by atoms with Gasteiger partial charge < -0.3 is 0 Å². The van der Waals surface area contributed by atoms with E-state index in [1.807, 2.05) is 27.9 Å². The second-order valence-electron chi connectivity index (χ2n) is 6.00. The van der Waals surface area contributed by atoms with Crippen LogP contribution in [0, 0.1) is 0 Å². The molecule has 8 nitrogen and oxygen atoms in total. The molecule has 2 aromatic carbocycles. The van der Waals surface area contributed by atoms with E-state index in [2.05, 4.69) is 0 Å². The first-order chi connectivity index (χ1) is 12.6. The van der Waals surface area contributed by atoms with E-state index in [1.54, 1.807) is 24.3 Å². The smallest absolute Gasteiger partial charge is 0.282 e. The largest absolute Gasteiger partial charge is 0.294 e. The minimum absolute atomic E-state index is 0.151. The van der Waals surface area contributed by atoms with Crippen LogP contribution in [0.4, 0.5) is 0 Å². The van der Waals surface area contributed by atoms with E-state index in [-0.39, 0.29) is 9.79 Å². The molecule has 3 aromatic rings. The fourth-order valence-electron chi connectivity index (χ4n) is 2.58. The van der Waals surface area contributed by atoms with Crippen LogP contribution in [-0.2, 0) is 33.3 Å². The Kier molecular flexibility index (Phi) is 5.16. The van der Waals surface area contributed by atoms with Crippen LogP contribution in [-0.4, -0.2) is 30.5 Å². The van der Waals surface area contributed by atoms with Crippen molar-refractivity contribution in [2.45, 2.75) is 22.9 Å². The zero-order valence-corrected chi connectivity index (χ0v) is 15.6. The standard InChI is InChI=1S/C17H16N2O6S2/c20-26(21,22)16-5-1-14(2-6-16)11-18-9-10-19(13-18)12-15-3-7-17(8-4-15)27(23,24)25/h1-10,13H,11-12H2,(H-,20,21,22,23,24,25)/p+1. The first-order valence-electron chi connectivity index (χ1n) is 7.79. The summed E-state index contributed by atoms with van der Waals surface area (Å²) in [5.74, 6) is 0. The van der Waals surface area contributed by atoms with E-state index in [0.717, 1.165) is 11.1 Å². The number of rotatable bonds is 6. The van der Waals surface area contributed by atoms with Crippen LogP contribution in [0.3, 0.4) is 0 Å². The van der Waals surface area contributed by atoms with Crippen molar-refractivity contribution in [3.63, 3.8) is 0 Å². The first-order valence-corrected chi connectivity index (χ1v) is 10.7. The third-order valence-corrected chi connectivity index (χ3v) is 5.65. The van der Waals surface area contributed by atoms with Crippen molar-refractivity contribution in [2.24, 2.45) is 0 Å². The molecule has 0 saturated heterocycles. The number of hydrogen-bond acceptors (Lipinski definition) is 4. The Balaban J connectivity index is 1.68. The predicted molar refractivity (Wildman–Crippen MR) is 95.3 cm³/mol. The Morgan fingerprint density at radius 1 is 0.778 bits per heavy atom. The molecule has 0 bridgehead atoms. The number of hydrogen-bond donors (Lipinski definition) is 2. The fraction of sp³-hybridized carbons (Fsp3) is 0.118. The van der Waals surface area contributed by atoms with Crippen LogP contribution >= 0.6 is 0 Å². The molecule has 0 saturated carbocycles. The summed E-state index contributed by atoms with van der Waals surface area (Å²) >= 11 is 0. The van der Waals surface area contributed by atoms with Crippen molar-refractivity contribution in [3.05, 3.63) is 78.4 Å². The minimum Gasteiger partial charge on any atom is -0.282 e. The maximum absolute atomic E-state index is 11.1. The topological polar surface area (TPSA) is 118 Å². The predicted octanol–water partition coefficient (Wildman–Crippen LogP) is 1.37. The Morgan fingerprint density at radius 2 is 1.26 bits per heavy atom. The highest BCUT2D eigenvalue weighted by Gasteiger charge is 2.11. The van der Waals surface area contributed by atoms with Crippen LogP contribution in [0.15, 0.2) is 77.0 Å². The summed E-state index contributed by atoms with van der Waals surface area (Å²) < 4.78 is 66.0. The summed E-state index contributed by atoms with van der Waals surface area (Å²) in [5, 5.41) is 0. The van der Waals surface area contributed by atoms with Crippen LogP contribution in [0.25, 0.3) is 0 Å².